The SMILES string of the molecule is COc1cc2c(cc1C(C)C)CC[C@H]1C(C)(C)CCC[C@]21C(=O)ON(C)C. The summed E-state index contributed by atoms with van der Waals surface area (Å²) in [6.45, 7) is 9.02. The highest BCUT2D eigenvalue weighted by Crippen LogP contribution is 2.58. The van der Waals surface area contributed by atoms with E-state index in [4.69, 9.17) is 9.57 Å². The number of benzene rings is 1. The molecule has 3 rings (SSSR count). The van der Waals surface area contributed by atoms with Gasteiger partial charge in [0.1, 0.15) is 5.75 Å². The van der Waals surface area contributed by atoms with E-state index in [1.165, 1.54) is 16.2 Å². The van der Waals surface area contributed by atoms with Crippen LogP contribution in [0.3, 0.4) is 0 Å². The topological polar surface area (TPSA) is 38.8 Å². The van der Waals surface area contributed by atoms with Crippen LogP contribution in [0.2, 0.25) is 0 Å². The summed E-state index contributed by atoms with van der Waals surface area (Å²) >= 11 is 0. The van der Waals surface area contributed by atoms with Crippen molar-refractivity contribution in [3.8, 4) is 5.75 Å². The Kier molecular flexibility index (Phi) is 5.33. The maximum atomic E-state index is 13.5. The van der Waals surface area contributed by atoms with Crippen LogP contribution in [0.25, 0.3) is 0 Å². The summed E-state index contributed by atoms with van der Waals surface area (Å²) in [4.78, 5) is 19.2. The minimum absolute atomic E-state index is 0.106. The normalized spacial score (nSPS) is 26.5. The van der Waals surface area contributed by atoms with Gasteiger partial charge in [-0.25, -0.2) is 4.79 Å². The molecule has 0 radical (unpaired) electrons. The molecule has 0 saturated heterocycles. The molecule has 0 N–H and O–H groups in total. The molecule has 150 valence electrons. The molecule has 2 atom stereocenters. The highest BCUT2D eigenvalue weighted by Gasteiger charge is 2.58. The van der Waals surface area contributed by atoms with Gasteiger partial charge in [0.25, 0.3) is 0 Å². The standard InChI is InChI=1S/C23H35NO3/c1-15(2)17-13-16-9-10-20-22(3,4)11-8-12-23(20,21(25)27-24(5)6)18(16)14-19(17)26-7/h13-15,20H,8-12H2,1-7H3/t20-,23-/m0/s1. The summed E-state index contributed by atoms with van der Waals surface area (Å²) in [5.74, 6) is 1.46. The number of methoxy groups -OCH3 is 1. The third-order valence-electron chi connectivity index (χ3n) is 6.82. The first-order chi connectivity index (χ1) is 12.6. The molecular formula is C23H35NO3. The van der Waals surface area contributed by atoms with E-state index in [1.54, 1.807) is 21.2 Å². The van der Waals surface area contributed by atoms with Crippen molar-refractivity contribution in [3.05, 3.63) is 28.8 Å². The molecule has 0 spiro atoms. The van der Waals surface area contributed by atoms with Crippen molar-refractivity contribution in [2.75, 3.05) is 21.2 Å². The van der Waals surface area contributed by atoms with Gasteiger partial charge in [0.05, 0.1) is 12.5 Å². The lowest BCUT2D eigenvalue weighted by Crippen LogP contribution is -2.55. The molecule has 0 heterocycles. The summed E-state index contributed by atoms with van der Waals surface area (Å²) in [5.41, 5.74) is 3.19. The van der Waals surface area contributed by atoms with E-state index in [1.807, 2.05) is 0 Å². The van der Waals surface area contributed by atoms with Gasteiger partial charge in [0, 0.05) is 14.1 Å². The van der Waals surface area contributed by atoms with Crippen LogP contribution in [0.5, 0.6) is 5.75 Å². The Morgan fingerprint density at radius 2 is 1.93 bits per heavy atom. The zero-order chi connectivity index (χ0) is 20.0. The van der Waals surface area contributed by atoms with Crippen molar-refractivity contribution in [1.82, 2.24) is 5.06 Å². The second-order valence-corrected chi connectivity index (χ2v) is 9.50. The van der Waals surface area contributed by atoms with Crippen molar-refractivity contribution in [2.24, 2.45) is 11.3 Å². The second-order valence-electron chi connectivity index (χ2n) is 9.50. The highest BCUT2D eigenvalue weighted by atomic mass is 16.7. The van der Waals surface area contributed by atoms with Crippen molar-refractivity contribution in [3.63, 3.8) is 0 Å². The molecule has 0 aromatic heterocycles. The van der Waals surface area contributed by atoms with Gasteiger partial charge in [0.15, 0.2) is 0 Å². The van der Waals surface area contributed by atoms with Crippen LogP contribution < -0.4 is 4.74 Å². The molecule has 0 amide bonds. The number of fused-ring (bicyclic) bond motifs is 3. The van der Waals surface area contributed by atoms with E-state index in [9.17, 15) is 4.79 Å². The predicted molar refractivity (Wildman–Crippen MR) is 108 cm³/mol. The van der Waals surface area contributed by atoms with Crippen LogP contribution in [0.4, 0.5) is 0 Å². The van der Waals surface area contributed by atoms with Crippen LogP contribution in [0, 0.1) is 11.3 Å². The van der Waals surface area contributed by atoms with Gasteiger partial charge in [-0.05, 0) is 65.7 Å². The molecule has 2 aliphatic rings. The molecule has 1 aromatic carbocycles. The van der Waals surface area contributed by atoms with Gasteiger partial charge in [0.2, 0.25) is 0 Å². The fourth-order valence-electron chi connectivity index (χ4n) is 5.59. The first-order valence-corrected chi connectivity index (χ1v) is 10.2. The number of hydrogen-bond donors (Lipinski definition) is 0. The van der Waals surface area contributed by atoms with Crippen LogP contribution in [0.15, 0.2) is 12.1 Å². The zero-order valence-electron chi connectivity index (χ0n) is 18.0. The quantitative estimate of drug-likeness (QED) is 0.707. The van der Waals surface area contributed by atoms with Gasteiger partial charge in [-0.15, -0.1) is 5.06 Å². The maximum absolute atomic E-state index is 13.5. The molecule has 0 unspecified atom stereocenters. The lowest BCUT2D eigenvalue weighted by Gasteiger charge is -2.54. The van der Waals surface area contributed by atoms with E-state index in [0.29, 0.717) is 5.92 Å². The molecule has 0 aliphatic heterocycles. The molecular weight excluding hydrogens is 338 g/mol. The Labute approximate surface area is 164 Å². The number of hydroxylamine groups is 2. The molecule has 27 heavy (non-hydrogen) atoms. The Bertz CT molecular complexity index is 723. The number of hydrogen-bond acceptors (Lipinski definition) is 4. The summed E-state index contributed by atoms with van der Waals surface area (Å²) < 4.78 is 5.75. The Hall–Kier alpha value is -1.55. The number of carbonyl (C=O) groups is 1. The molecule has 4 nitrogen and oxygen atoms in total. The first-order valence-electron chi connectivity index (χ1n) is 10.2. The van der Waals surface area contributed by atoms with Crippen LogP contribution in [0.1, 0.15) is 76.0 Å². The largest absolute Gasteiger partial charge is 0.496 e. The fourth-order valence-corrected chi connectivity index (χ4v) is 5.59. The van der Waals surface area contributed by atoms with Crippen LogP contribution >= 0.6 is 0 Å². The summed E-state index contributed by atoms with van der Waals surface area (Å²) in [5, 5.41) is 1.53. The minimum Gasteiger partial charge on any atom is -0.496 e. The van der Waals surface area contributed by atoms with Crippen molar-refractivity contribution in [1.29, 1.82) is 0 Å². The first kappa shape index (κ1) is 20.2. The van der Waals surface area contributed by atoms with Crippen LogP contribution in [-0.4, -0.2) is 32.2 Å². The fraction of sp³-hybridized carbons (Fsp3) is 0.696. The minimum atomic E-state index is -0.581. The van der Waals surface area contributed by atoms with Gasteiger partial charge in [-0.1, -0.05) is 40.2 Å². The van der Waals surface area contributed by atoms with Crippen molar-refractivity contribution < 1.29 is 14.4 Å². The Morgan fingerprint density at radius 3 is 2.52 bits per heavy atom. The van der Waals surface area contributed by atoms with Gasteiger partial charge in [-0.3, -0.25) is 0 Å². The van der Waals surface area contributed by atoms with Crippen molar-refractivity contribution in [2.45, 2.75) is 71.1 Å². The Morgan fingerprint density at radius 1 is 1.22 bits per heavy atom. The van der Waals surface area contributed by atoms with Gasteiger partial charge < -0.3 is 9.57 Å². The summed E-state index contributed by atoms with van der Waals surface area (Å²) in [6.07, 6.45) is 5.10. The number of carbonyl (C=O) groups excluding carboxylic acids is 1. The molecule has 2 aliphatic carbocycles. The van der Waals surface area contributed by atoms with Crippen LogP contribution in [-0.2, 0) is 21.5 Å². The second kappa shape index (κ2) is 7.12. The average molecular weight is 374 g/mol. The zero-order valence-corrected chi connectivity index (χ0v) is 18.0. The highest BCUT2D eigenvalue weighted by molar-refractivity contribution is 5.85. The number of aryl methyl sites for hydroxylation is 1. The summed E-state index contributed by atoms with van der Waals surface area (Å²) in [7, 11) is 5.29. The van der Waals surface area contributed by atoms with E-state index in [2.05, 4.69) is 39.8 Å². The Balaban J connectivity index is 2.23. The maximum Gasteiger partial charge on any atom is 0.335 e. The molecule has 1 saturated carbocycles. The number of nitrogens with zero attached hydrogens (tertiary/aromatic N) is 1. The third kappa shape index (κ3) is 3.26. The van der Waals surface area contributed by atoms with E-state index in [-0.39, 0.29) is 17.3 Å². The number of ether oxygens (including phenoxy) is 1. The lowest BCUT2D eigenvalue weighted by molar-refractivity contribution is -0.194. The van der Waals surface area contributed by atoms with E-state index in [0.717, 1.165) is 43.4 Å². The van der Waals surface area contributed by atoms with Gasteiger partial charge in [-0.2, -0.15) is 0 Å². The lowest BCUT2D eigenvalue weighted by atomic mass is 9.49. The molecule has 1 fully saturated rings. The van der Waals surface area contributed by atoms with E-state index < -0.39 is 5.41 Å². The molecule has 0 bridgehead atoms. The molecule has 1 aromatic rings. The summed E-state index contributed by atoms with van der Waals surface area (Å²) in [6, 6.07) is 4.43. The smallest absolute Gasteiger partial charge is 0.335 e. The van der Waals surface area contributed by atoms with Crippen molar-refractivity contribution >= 4 is 5.97 Å². The third-order valence-corrected chi connectivity index (χ3v) is 6.82. The molecule has 4 heteroatoms. The average Bonchev–Trinajstić information content (AvgIpc) is 2.59. The predicted octanol–water partition coefficient (Wildman–Crippen LogP) is 4.85. The van der Waals surface area contributed by atoms with Gasteiger partial charge >= 0.3 is 5.97 Å². The number of rotatable bonds is 4. The van der Waals surface area contributed by atoms with E-state index >= 15 is 0 Å². The monoisotopic (exact) mass is 373 g/mol.